The van der Waals surface area contributed by atoms with Gasteiger partial charge in [0.1, 0.15) is 0 Å². The molecule has 0 atom stereocenters. The zero-order chi connectivity index (χ0) is 13.0. The number of alkyl halides is 2. The molecule has 0 saturated carbocycles. The highest BCUT2D eigenvalue weighted by Crippen LogP contribution is 2.34. The molecule has 94 valence electrons. The van der Waals surface area contributed by atoms with E-state index in [1.165, 1.54) is 12.1 Å². The Hall–Kier alpha value is -1.37. The number of halogens is 3. The molecular weight excluding hydrogens is 300 g/mol. The van der Waals surface area contributed by atoms with E-state index in [-0.39, 0.29) is 28.1 Å². The highest BCUT2D eigenvalue weighted by molar-refractivity contribution is 9.10. The van der Waals surface area contributed by atoms with Gasteiger partial charge < -0.3 is 15.2 Å². The van der Waals surface area contributed by atoms with Crippen molar-refractivity contribution in [3.8, 4) is 5.75 Å². The van der Waals surface area contributed by atoms with Crippen LogP contribution in [0.5, 0.6) is 5.75 Å². The molecule has 4 nitrogen and oxygen atoms in total. The minimum Gasteiger partial charge on any atom is -0.462 e. The molecule has 1 rings (SSSR count). The standard InChI is InChI=1S/C10H10BrF2NO3/c1-2-16-9(15)5-3-6(11)8(7(14)4-5)17-10(12)13/h3-4,10H,2,14H2,1H3. The average Bonchev–Trinajstić information content (AvgIpc) is 2.23. The zero-order valence-electron chi connectivity index (χ0n) is 8.88. The van der Waals surface area contributed by atoms with E-state index in [1.807, 2.05) is 0 Å². The van der Waals surface area contributed by atoms with Gasteiger partial charge in [0.25, 0.3) is 0 Å². The smallest absolute Gasteiger partial charge is 0.387 e. The number of carbonyl (C=O) groups excluding carboxylic acids is 1. The van der Waals surface area contributed by atoms with Gasteiger partial charge in [-0.25, -0.2) is 4.79 Å². The van der Waals surface area contributed by atoms with E-state index >= 15 is 0 Å². The predicted molar refractivity (Wildman–Crippen MR) is 61.1 cm³/mol. The van der Waals surface area contributed by atoms with Gasteiger partial charge in [-0.3, -0.25) is 0 Å². The Bertz CT molecular complexity index is 403. The van der Waals surface area contributed by atoms with Crippen molar-refractivity contribution in [3.63, 3.8) is 0 Å². The summed E-state index contributed by atoms with van der Waals surface area (Å²) >= 11 is 3.00. The molecule has 0 aliphatic rings. The summed E-state index contributed by atoms with van der Waals surface area (Å²) in [4.78, 5) is 11.4. The second-order valence-corrected chi connectivity index (χ2v) is 3.83. The monoisotopic (exact) mass is 309 g/mol. The molecule has 0 bridgehead atoms. The summed E-state index contributed by atoms with van der Waals surface area (Å²) in [6, 6.07) is 2.53. The first-order valence-corrected chi connectivity index (χ1v) is 5.46. The number of benzene rings is 1. The molecule has 2 N–H and O–H groups in total. The number of rotatable bonds is 4. The van der Waals surface area contributed by atoms with Crippen molar-refractivity contribution in [2.45, 2.75) is 13.5 Å². The van der Waals surface area contributed by atoms with Crippen molar-refractivity contribution < 1.29 is 23.0 Å². The fourth-order valence-electron chi connectivity index (χ4n) is 1.16. The first-order valence-electron chi connectivity index (χ1n) is 4.66. The van der Waals surface area contributed by atoms with Crippen LogP contribution in [0.2, 0.25) is 0 Å². The summed E-state index contributed by atoms with van der Waals surface area (Å²) in [5, 5.41) is 0. The molecule has 0 heterocycles. The summed E-state index contributed by atoms with van der Waals surface area (Å²) in [5.74, 6) is -0.781. The van der Waals surface area contributed by atoms with Crippen LogP contribution in [0.25, 0.3) is 0 Å². The lowest BCUT2D eigenvalue weighted by Crippen LogP contribution is -2.09. The first-order chi connectivity index (χ1) is 7.95. The second kappa shape index (κ2) is 5.81. The first kappa shape index (κ1) is 13.7. The molecule has 0 unspecified atom stereocenters. The molecule has 0 spiro atoms. The molecule has 0 radical (unpaired) electrons. The van der Waals surface area contributed by atoms with Crippen LogP contribution in [0, 0.1) is 0 Å². The molecule has 0 amide bonds. The Morgan fingerprint density at radius 2 is 2.18 bits per heavy atom. The number of nitrogens with two attached hydrogens (primary N) is 1. The van der Waals surface area contributed by atoms with Gasteiger partial charge in [0.2, 0.25) is 0 Å². The lowest BCUT2D eigenvalue weighted by molar-refractivity contribution is -0.0498. The van der Waals surface area contributed by atoms with Crippen LogP contribution in [0.1, 0.15) is 17.3 Å². The Morgan fingerprint density at radius 1 is 1.53 bits per heavy atom. The van der Waals surface area contributed by atoms with Crippen molar-refractivity contribution >= 4 is 27.6 Å². The Morgan fingerprint density at radius 3 is 2.65 bits per heavy atom. The average molecular weight is 310 g/mol. The predicted octanol–water partition coefficient (Wildman–Crippen LogP) is 2.81. The van der Waals surface area contributed by atoms with Gasteiger partial charge in [0.05, 0.1) is 22.3 Å². The highest BCUT2D eigenvalue weighted by Gasteiger charge is 2.16. The van der Waals surface area contributed by atoms with Crippen LogP contribution in [0.15, 0.2) is 16.6 Å². The van der Waals surface area contributed by atoms with Crippen LogP contribution >= 0.6 is 15.9 Å². The number of carbonyl (C=O) groups is 1. The van der Waals surface area contributed by atoms with Crippen LogP contribution in [0.4, 0.5) is 14.5 Å². The SMILES string of the molecule is CCOC(=O)c1cc(N)c(OC(F)F)c(Br)c1. The van der Waals surface area contributed by atoms with Crippen molar-refractivity contribution in [1.29, 1.82) is 0 Å². The fraction of sp³-hybridized carbons (Fsp3) is 0.300. The van der Waals surface area contributed by atoms with Gasteiger partial charge in [0, 0.05) is 0 Å². The van der Waals surface area contributed by atoms with Gasteiger partial charge in [-0.1, -0.05) is 0 Å². The number of anilines is 1. The molecule has 17 heavy (non-hydrogen) atoms. The molecule has 0 fully saturated rings. The summed E-state index contributed by atoms with van der Waals surface area (Å²) in [5.41, 5.74) is 5.61. The summed E-state index contributed by atoms with van der Waals surface area (Å²) in [6.07, 6.45) is 0. The van der Waals surface area contributed by atoms with Gasteiger partial charge in [0.15, 0.2) is 5.75 Å². The number of esters is 1. The van der Waals surface area contributed by atoms with Crippen molar-refractivity contribution in [1.82, 2.24) is 0 Å². The van der Waals surface area contributed by atoms with E-state index < -0.39 is 12.6 Å². The molecule has 1 aromatic rings. The number of nitrogen functional groups attached to an aromatic ring is 1. The van der Waals surface area contributed by atoms with Crippen molar-refractivity contribution in [2.24, 2.45) is 0 Å². The molecule has 0 aliphatic carbocycles. The molecule has 7 heteroatoms. The van der Waals surface area contributed by atoms with Crippen molar-refractivity contribution in [2.75, 3.05) is 12.3 Å². The highest BCUT2D eigenvalue weighted by atomic mass is 79.9. The van der Waals surface area contributed by atoms with Crippen LogP contribution in [-0.4, -0.2) is 19.2 Å². The van der Waals surface area contributed by atoms with Crippen molar-refractivity contribution in [3.05, 3.63) is 22.2 Å². The third-order valence-corrected chi connectivity index (χ3v) is 2.38. The maximum atomic E-state index is 12.1. The fourth-order valence-corrected chi connectivity index (χ4v) is 1.73. The maximum absolute atomic E-state index is 12.1. The van der Waals surface area contributed by atoms with E-state index in [2.05, 4.69) is 20.7 Å². The lowest BCUT2D eigenvalue weighted by Gasteiger charge is -2.11. The maximum Gasteiger partial charge on any atom is 0.387 e. The number of hydrogen-bond donors (Lipinski definition) is 1. The Labute approximate surface area is 105 Å². The molecule has 0 aliphatic heterocycles. The van der Waals surface area contributed by atoms with Gasteiger partial charge in [-0.15, -0.1) is 0 Å². The van der Waals surface area contributed by atoms with Gasteiger partial charge >= 0.3 is 12.6 Å². The van der Waals surface area contributed by atoms with Gasteiger partial charge in [-0.05, 0) is 35.0 Å². The van der Waals surface area contributed by atoms with E-state index in [4.69, 9.17) is 10.5 Å². The summed E-state index contributed by atoms with van der Waals surface area (Å²) in [6.45, 7) is -1.11. The summed E-state index contributed by atoms with van der Waals surface area (Å²) in [7, 11) is 0. The zero-order valence-corrected chi connectivity index (χ0v) is 10.5. The lowest BCUT2D eigenvalue weighted by atomic mass is 10.2. The van der Waals surface area contributed by atoms with Crippen LogP contribution in [0.3, 0.4) is 0 Å². The minimum absolute atomic E-state index is 0.0669. The normalized spacial score (nSPS) is 10.4. The van der Waals surface area contributed by atoms with E-state index in [9.17, 15) is 13.6 Å². The molecular formula is C10H10BrF2NO3. The molecule has 0 saturated heterocycles. The Balaban J connectivity index is 3.04. The van der Waals surface area contributed by atoms with E-state index in [0.29, 0.717) is 0 Å². The number of ether oxygens (including phenoxy) is 2. The topological polar surface area (TPSA) is 61.5 Å². The quantitative estimate of drug-likeness (QED) is 0.686. The number of hydrogen-bond acceptors (Lipinski definition) is 4. The van der Waals surface area contributed by atoms with E-state index in [1.54, 1.807) is 6.92 Å². The van der Waals surface area contributed by atoms with Gasteiger partial charge in [-0.2, -0.15) is 8.78 Å². The van der Waals surface area contributed by atoms with Crippen LogP contribution < -0.4 is 10.5 Å². The minimum atomic E-state index is -2.98. The molecule has 1 aromatic carbocycles. The van der Waals surface area contributed by atoms with Crippen LogP contribution in [-0.2, 0) is 4.74 Å². The summed E-state index contributed by atoms with van der Waals surface area (Å²) < 4.78 is 33.3. The third-order valence-electron chi connectivity index (χ3n) is 1.79. The molecule has 0 aromatic heterocycles. The van der Waals surface area contributed by atoms with E-state index in [0.717, 1.165) is 0 Å². The Kier molecular flexibility index (Phi) is 4.68. The third kappa shape index (κ3) is 3.55. The largest absolute Gasteiger partial charge is 0.462 e. The second-order valence-electron chi connectivity index (χ2n) is 2.98.